The van der Waals surface area contributed by atoms with Gasteiger partial charge in [-0.25, -0.2) is 0 Å². The molecule has 1 amide bonds. The molecule has 5 N–H and O–H groups in total. The molecule has 0 bridgehead atoms. The topological polar surface area (TPSA) is 118 Å². The van der Waals surface area contributed by atoms with Gasteiger partial charge in [-0.3, -0.25) is 14.0 Å². The van der Waals surface area contributed by atoms with Crippen molar-refractivity contribution in [2.75, 3.05) is 6.67 Å². The van der Waals surface area contributed by atoms with Crippen LogP contribution in [0.15, 0.2) is 48.8 Å². The molecule has 4 aromatic rings. The zero-order chi connectivity index (χ0) is 25.5. The molecule has 0 saturated heterocycles. The molecule has 0 unspecified atom stereocenters. The number of amides is 1. The van der Waals surface area contributed by atoms with E-state index >= 15 is 0 Å². The Balaban J connectivity index is 1.47. The number of phenolic OH excluding ortho intramolecular Hbond substituents is 2. The van der Waals surface area contributed by atoms with E-state index in [1.165, 1.54) is 0 Å². The van der Waals surface area contributed by atoms with Gasteiger partial charge in [0, 0.05) is 47.0 Å². The van der Waals surface area contributed by atoms with Gasteiger partial charge in [-0.05, 0) is 60.4 Å². The lowest BCUT2D eigenvalue weighted by molar-refractivity contribution is -0.127. The number of fused-ring (bicyclic) bond motifs is 2. The highest BCUT2D eigenvalue weighted by atomic mass is 19.1. The van der Waals surface area contributed by atoms with E-state index in [0.717, 1.165) is 52.2 Å². The quantitative estimate of drug-likeness (QED) is 0.164. The van der Waals surface area contributed by atoms with Crippen molar-refractivity contribution in [2.24, 2.45) is 0 Å². The number of H-pyrrole nitrogens is 2. The van der Waals surface area contributed by atoms with Crippen molar-refractivity contribution >= 4 is 33.5 Å². The lowest BCUT2D eigenvalue weighted by atomic mass is 9.97. The molecular formula is C28H32FN3O4. The van der Waals surface area contributed by atoms with Gasteiger partial charge < -0.3 is 25.5 Å². The first kappa shape index (κ1) is 25.3. The second-order valence-corrected chi connectivity index (χ2v) is 9.26. The van der Waals surface area contributed by atoms with Crippen LogP contribution in [0.3, 0.4) is 0 Å². The number of carbonyl (C=O) groups excluding carboxylic acids is 2. The maximum absolute atomic E-state index is 13.2. The number of aromatic nitrogens is 2. The van der Waals surface area contributed by atoms with Crippen LogP contribution in [0.5, 0.6) is 11.5 Å². The first-order valence-electron chi connectivity index (χ1n) is 12.4. The van der Waals surface area contributed by atoms with Crippen LogP contribution in [0.2, 0.25) is 0 Å². The third-order valence-electron chi connectivity index (χ3n) is 6.56. The maximum Gasteiger partial charge on any atom is 0.225 e. The number of ketones is 1. The van der Waals surface area contributed by atoms with Crippen LogP contribution in [0, 0.1) is 0 Å². The number of rotatable bonds is 13. The summed E-state index contributed by atoms with van der Waals surface area (Å²) in [5.74, 6) is -0.0970. The number of halogens is 1. The van der Waals surface area contributed by atoms with Crippen LogP contribution < -0.4 is 5.32 Å². The predicted octanol–water partition coefficient (Wildman–Crippen LogP) is 5.21. The van der Waals surface area contributed by atoms with Crippen LogP contribution in [0.1, 0.15) is 49.7 Å². The SMILES string of the molecule is O=C(Cc1c[nH]c2ccc(O)cc12)N[C@@H](Cc1c[nH]c2ccc(O)cc12)C(=O)CCCCCCCF. The van der Waals surface area contributed by atoms with Crippen LogP contribution in [0.25, 0.3) is 21.8 Å². The maximum atomic E-state index is 13.2. The monoisotopic (exact) mass is 493 g/mol. The summed E-state index contributed by atoms with van der Waals surface area (Å²) >= 11 is 0. The largest absolute Gasteiger partial charge is 0.508 e. The fraction of sp³-hybridized carbons (Fsp3) is 0.357. The number of aromatic amines is 2. The summed E-state index contributed by atoms with van der Waals surface area (Å²) in [4.78, 5) is 32.5. The van der Waals surface area contributed by atoms with Crippen LogP contribution in [0.4, 0.5) is 4.39 Å². The summed E-state index contributed by atoms with van der Waals surface area (Å²) in [7, 11) is 0. The first-order chi connectivity index (χ1) is 17.4. The smallest absolute Gasteiger partial charge is 0.225 e. The molecule has 2 aromatic heterocycles. The average Bonchev–Trinajstić information content (AvgIpc) is 3.44. The third kappa shape index (κ3) is 6.24. The number of alkyl halides is 1. The molecule has 0 fully saturated rings. The third-order valence-corrected chi connectivity index (χ3v) is 6.56. The van der Waals surface area contributed by atoms with Gasteiger partial charge in [-0.1, -0.05) is 19.3 Å². The van der Waals surface area contributed by atoms with Gasteiger partial charge in [-0.2, -0.15) is 0 Å². The van der Waals surface area contributed by atoms with Crippen LogP contribution >= 0.6 is 0 Å². The number of phenols is 2. The standard InChI is InChI=1S/C28H32FN3O4/c29-11-5-3-1-2-4-6-27(35)26(12-18-16-30-24-9-7-20(33)14-22(18)24)32-28(36)13-19-17-31-25-10-8-21(34)15-23(19)25/h7-10,14-17,26,30-31,33-34H,1-6,11-13H2,(H,32,36)/t26-/m0/s1. The van der Waals surface area contributed by atoms with Gasteiger partial charge in [0.25, 0.3) is 0 Å². The van der Waals surface area contributed by atoms with E-state index in [4.69, 9.17) is 0 Å². The summed E-state index contributed by atoms with van der Waals surface area (Å²) in [5, 5.41) is 24.2. The van der Waals surface area contributed by atoms with E-state index in [2.05, 4.69) is 15.3 Å². The molecule has 8 heteroatoms. The summed E-state index contributed by atoms with van der Waals surface area (Å²) in [5.41, 5.74) is 3.22. The van der Waals surface area contributed by atoms with Gasteiger partial charge in [0.15, 0.2) is 5.78 Å². The predicted molar refractivity (Wildman–Crippen MR) is 138 cm³/mol. The number of Topliss-reactive ketones (excluding diaryl/α,β-unsaturated/α-hetero) is 1. The average molecular weight is 494 g/mol. The number of benzene rings is 2. The summed E-state index contributed by atoms with van der Waals surface area (Å²) < 4.78 is 12.3. The zero-order valence-corrected chi connectivity index (χ0v) is 20.1. The van der Waals surface area contributed by atoms with Crippen molar-refractivity contribution in [1.82, 2.24) is 15.3 Å². The van der Waals surface area contributed by atoms with Gasteiger partial charge in [-0.15, -0.1) is 0 Å². The van der Waals surface area contributed by atoms with Crippen molar-refractivity contribution in [3.63, 3.8) is 0 Å². The Morgan fingerprint density at radius 2 is 1.42 bits per heavy atom. The molecule has 2 heterocycles. The molecule has 0 spiro atoms. The Morgan fingerprint density at radius 3 is 2.08 bits per heavy atom. The number of carbonyl (C=O) groups is 2. The second kappa shape index (κ2) is 11.7. The van der Waals surface area contributed by atoms with E-state index < -0.39 is 6.04 Å². The molecule has 36 heavy (non-hydrogen) atoms. The first-order valence-corrected chi connectivity index (χ1v) is 12.4. The molecule has 4 rings (SSSR count). The Kier molecular flexibility index (Phi) is 8.25. The molecule has 0 aliphatic heterocycles. The van der Waals surface area contributed by atoms with Gasteiger partial charge in [0.2, 0.25) is 5.91 Å². The van der Waals surface area contributed by atoms with Crippen molar-refractivity contribution in [1.29, 1.82) is 0 Å². The molecular weight excluding hydrogens is 461 g/mol. The van der Waals surface area contributed by atoms with Gasteiger partial charge >= 0.3 is 0 Å². The Morgan fingerprint density at radius 1 is 0.833 bits per heavy atom. The lowest BCUT2D eigenvalue weighted by Crippen LogP contribution is -2.43. The molecule has 0 aliphatic rings. The number of hydrogen-bond acceptors (Lipinski definition) is 4. The van der Waals surface area contributed by atoms with Gasteiger partial charge in [0.1, 0.15) is 11.5 Å². The number of unbranched alkanes of at least 4 members (excludes halogenated alkanes) is 4. The fourth-order valence-electron chi connectivity index (χ4n) is 4.63. The van der Waals surface area contributed by atoms with Crippen molar-refractivity contribution < 1.29 is 24.2 Å². The Bertz CT molecular complexity index is 1340. The highest BCUT2D eigenvalue weighted by molar-refractivity contribution is 5.93. The minimum atomic E-state index is -0.719. The number of nitrogens with one attached hydrogen (secondary N) is 3. The van der Waals surface area contributed by atoms with Crippen LogP contribution in [-0.2, 0) is 22.4 Å². The molecule has 7 nitrogen and oxygen atoms in total. The van der Waals surface area contributed by atoms with E-state index in [0.29, 0.717) is 25.7 Å². The second-order valence-electron chi connectivity index (χ2n) is 9.26. The Labute approximate surface area is 208 Å². The molecule has 1 atom stereocenters. The minimum Gasteiger partial charge on any atom is -0.508 e. The molecule has 2 aromatic carbocycles. The van der Waals surface area contributed by atoms with Crippen molar-refractivity contribution in [2.45, 2.75) is 57.4 Å². The van der Waals surface area contributed by atoms with Crippen molar-refractivity contribution in [3.05, 3.63) is 59.9 Å². The van der Waals surface area contributed by atoms with E-state index in [1.54, 1.807) is 48.8 Å². The van der Waals surface area contributed by atoms with Crippen molar-refractivity contribution in [3.8, 4) is 11.5 Å². The minimum absolute atomic E-state index is 0.0556. The molecule has 0 saturated carbocycles. The summed E-state index contributed by atoms with van der Waals surface area (Å²) in [6, 6.07) is 9.23. The summed E-state index contributed by atoms with van der Waals surface area (Å²) in [6.45, 7) is -0.316. The van der Waals surface area contributed by atoms with Gasteiger partial charge in [0.05, 0.1) is 19.1 Å². The lowest BCUT2D eigenvalue weighted by Gasteiger charge is -2.18. The summed E-state index contributed by atoms with van der Waals surface area (Å²) in [6.07, 6.45) is 7.99. The Hall–Kier alpha value is -3.81. The molecule has 190 valence electrons. The number of hydrogen-bond donors (Lipinski definition) is 5. The molecule has 0 aliphatic carbocycles. The van der Waals surface area contributed by atoms with E-state index in [1.807, 2.05) is 0 Å². The van der Waals surface area contributed by atoms with Crippen LogP contribution in [-0.4, -0.2) is 44.6 Å². The number of aromatic hydroxyl groups is 2. The zero-order valence-electron chi connectivity index (χ0n) is 20.1. The molecule has 0 radical (unpaired) electrons. The fourth-order valence-corrected chi connectivity index (χ4v) is 4.63. The van der Waals surface area contributed by atoms with E-state index in [9.17, 15) is 24.2 Å². The van der Waals surface area contributed by atoms with E-state index in [-0.39, 0.29) is 36.3 Å². The normalized spacial score (nSPS) is 12.2. The highest BCUT2D eigenvalue weighted by Gasteiger charge is 2.23. The highest BCUT2D eigenvalue weighted by Crippen LogP contribution is 2.25.